The molecule has 1 fully saturated rings. The molecule has 2 nitrogen and oxygen atoms in total. The van der Waals surface area contributed by atoms with Gasteiger partial charge in [0.15, 0.2) is 0 Å². The van der Waals surface area contributed by atoms with Crippen molar-refractivity contribution in [2.75, 3.05) is 33.2 Å². The second-order valence-electron chi connectivity index (χ2n) is 9.46. The van der Waals surface area contributed by atoms with Crippen molar-refractivity contribution < 1.29 is 0 Å². The summed E-state index contributed by atoms with van der Waals surface area (Å²) in [6.45, 7) is 18.9. The minimum Gasteiger partial charge on any atom is -0.316 e. The molecule has 1 aliphatic rings. The van der Waals surface area contributed by atoms with Crippen molar-refractivity contribution in [3.63, 3.8) is 0 Å². The summed E-state index contributed by atoms with van der Waals surface area (Å²) in [5.74, 6) is 1.64. The Kier molecular flexibility index (Phi) is 7.19. The Morgan fingerprint density at radius 3 is 2.48 bits per heavy atom. The molecule has 0 aromatic heterocycles. The molecule has 0 heterocycles. The Morgan fingerprint density at radius 2 is 1.95 bits per heavy atom. The molecule has 1 N–H and O–H groups in total. The van der Waals surface area contributed by atoms with Crippen LogP contribution in [0.4, 0.5) is 0 Å². The lowest BCUT2D eigenvalue weighted by atomic mass is 9.69. The molecule has 1 saturated carbocycles. The molecule has 0 amide bonds. The van der Waals surface area contributed by atoms with Crippen molar-refractivity contribution in [3.8, 4) is 0 Å². The predicted octanol–water partition coefficient (Wildman–Crippen LogP) is 4.41. The van der Waals surface area contributed by atoms with E-state index in [1.54, 1.807) is 0 Å². The second-order valence-corrected chi connectivity index (χ2v) is 9.46. The molecule has 0 bridgehead atoms. The fraction of sp³-hybridized carbons (Fsp3) is 1.00. The summed E-state index contributed by atoms with van der Waals surface area (Å²) in [7, 11) is 2.31. The number of nitrogens with one attached hydrogen (secondary N) is 1. The number of hydrogen-bond acceptors (Lipinski definition) is 2. The van der Waals surface area contributed by atoms with Gasteiger partial charge < -0.3 is 10.2 Å². The van der Waals surface area contributed by atoms with Crippen LogP contribution in [0.5, 0.6) is 0 Å². The van der Waals surface area contributed by atoms with E-state index in [9.17, 15) is 0 Å². The largest absolute Gasteiger partial charge is 0.316 e. The zero-order valence-corrected chi connectivity index (χ0v) is 15.8. The highest BCUT2D eigenvalue weighted by Crippen LogP contribution is 2.39. The highest BCUT2D eigenvalue weighted by atomic mass is 15.1. The first-order valence-corrected chi connectivity index (χ1v) is 9.01. The predicted molar refractivity (Wildman–Crippen MR) is 94.7 cm³/mol. The average Bonchev–Trinajstić information content (AvgIpc) is 2.24. The Morgan fingerprint density at radius 1 is 1.29 bits per heavy atom. The summed E-state index contributed by atoms with van der Waals surface area (Å²) in [4.78, 5) is 2.58. The molecule has 0 aliphatic heterocycles. The second kappa shape index (κ2) is 7.97. The fourth-order valence-electron chi connectivity index (χ4n) is 4.19. The minimum atomic E-state index is 0.390. The number of rotatable bonds is 7. The van der Waals surface area contributed by atoms with Crippen LogP contribution in [0.3, 0.4) is 0 Å². The van der Waals surface area contributed by atoms with E-state index in [1.807, 2.05) is 0 Å². The standard InChI is InChI=1S/C19H40N2/c1-16(2)12-20-13-19(10-8-9-17(3)11-19)15-21(7)14-18(4,5)6/h16-17,20H,8-15H2,1-7H3. The molecule has 2 heteroatoms. The molecule has 0 aromatic rings. The number of nitrogens with zero attached hydrogens (tertiary/aromatic N) is 1. The lowest BCUT2D eigenvalue weighted by Crippen LogP contribution is -2.47. The monoisotopic (exact) mass is 296 g/mol. The van der Waals surface area contributed by atoms with E-state index < -0.39 is 0 Å². The highest BCUT2D eigenvalue weighted by molar-refractivity contribution is 4.90. The molecule has 1 rings (SSSR count). The fourth-order valence-corrected chi connectivity index (χ4v) is 4.19. The maximum atomic E-state index is 3.76. The van der Waals surface area contributed by atoms with Gasteiger partial charge in [0, 0.05) is 19.6 Å². The molecule has 21 heavy (non-hydrogen) atoms. The van der Waals surface area contributed by atoms with Gasteiger partial charge in [-0.2, -0.15) is 0 Å². The van der Waals surface area contributed by atoms with Crippen molar-refractivity contribution in [1.29, 1.82) is 0 Å². The van der Waals surface area contributed by atoms with Gasteiger partial charge in [0.2, 0.25) is 0 Å². The van der Waals surface area contributed by atoms with E-state index in [4.69, 9.17) is 0 Å². The van der Waals surface area contributed by atoms with Crippen molar-refractivity contribution in [3.05, 3.63) is 0 Å². The molecule has 0 saturated heterocycles. The summed E-state index contributed by atoms with van der Waals surface area (Å²) >= 11 is 0. The summed E-state index contributed by atoms with van der Waals surface area (Å²) in [6.07, 6.45) is 5.63. The molecule has 0 aromatic carbocycles. The Balaban J connectivity index is 2.63. The van der Waals surface area contributed by atoms with Crippen LogP contribution in [0.25, 0.3) is 0 Å². The van der Waals surface area contributed by atoms with Crippen LogP contribution in [0.2, 0.25) is 0 Å². The van der Waals surface area contributed by atoms with E-state index in [0.29, 0.717) is 10.8 Å². The van der Waals surface area contributed by atoms with Crippen LogP contribution in [-0.4, -0.2) is 38.1 Å². The molecule has 2 unspecified atom stereocenters. The topological polar surface area (TPSA) is 15.3 Å². The van der Waals surface area contributed by atoms with Gasteiger partial charge in [-0.05, 0) is 49.1 Å². The molecular weight excluding hydrogens is 256 g/mol. The smallest absolute Gasteiger partial charge is 0.00474 e. The van der Waals surface area contributed by atoms with Crippen LogP contribution in [0.15, 0.2) is 0 Å². The van der Waals surface area contributed by atoms with Gasteiger partial charge in [-0.3, -0.25) is 0 Å². The number of hydrogen-bond donors (Lipinski definition) is 1. The van der Waals surface area contributed by atoms with Gasteiger partial charge in [-0.1, -0.05) is 54.4 Å². The first kappa shape index (κ1) is 19.0. The summed E-state index contributed by atoms with van der Waals surface area (Å²) in [5.41, 5.74) is 0.883. The van der Waals surface area contributed by atoms with Crippen molar-refractivity contribution in [2.24, 2.45) is 22.7 Å². The lowest BCUT2D eigenvalue weighted by molar-refractivity contribution is 0.0766. The third-order valence-electron chi connectivity index (χ3n) is 4.59. The van der Waals surface area contributed by atoms with Gasteiger partial charge in [0.1, 0.15) is 0 Å². The quantitative estimate of drug-likeness (QED) is 0.749. The Labute approximate surface area is 134 Å². The summed E-state index contributed by atoms with van der Waals surface area (Å²) in [6, 6.07) is 0. The van der Waals surface area contributed by atoms with Gasteiger partial charge in [0.25, 0.3) is 0 Å². The maximum Gasteiger partial charge on any atom is 0.00474 e. The zero-order chi connectivity index (χ0) is 16.1. The Hall–Kier alpha value is -0.0800. The van der Waals surface area contributed by atoms with Crippen LogP contribution in [0, 0.1) is 22.7 Å². The van der Waals surface area contributed by atoms with Crippen molar-refractivity contribution in [1.82, 2.24) is 10.2 Å². The molecule has 126 valence electrons. The highest BCUT2D eigenvalue weighted by Gasteiger charge is 2.36. The van der Waals surface area contributed by atoms with Crippen LogP contribution >= 0.6 is 0 Å². The molecule has 0 radical (unpaired) electrons. The SMILES string of the molecule is CC(C)CNCC1(CN(C)CC(C)(C)C)CCCC(C)C1. The van der Waals surface area contributed by atoms with Crippen LogP contribution < -0.4 is 5.32 Å². The first-order valence-electron chi connectivity index (χ1n) is 9.01. The van der Waals surface area contributed by atoms with E-state index in [2.05, 4.69) is 58.8 Å². The van der Waals surface area contributed by atoms with Gasteiger partial charge in [-0.25, -0.2) is 0 Å². The Bertz CT molecular complexity index is 292. The third-order valence-corrected chi connectivity index (χ3v) is 4.59. The maximum absolute atomic E-state index is 3.76. The average molecular weight is 297 g/mol. The van der Waals surface area contributed by atoms with Crippen molar-refractivity contribution in [2.45, 2.75) is 67.2 Å². The summed E-state index contributed by atoms with van der Waals surface area (Å²) in [5, 5.41) is 3.76. The van der Waals surface area contributed by atoms with Gasteiger partial charge in [0.05, 0.1) is 0 Å². The van der Waals surface area contributed by atoms with Crippen LogP contribution in [-0.2, 0) is 0 Å². The zero-order valence-electron chi connectivity index (χ0n) is 15.8. The molecule has 1 aliphatic carbocycles. The van der Waals surface area contributed by atoms with E-state index >= 15 is 0 Å². The summed E-state index contributed by atoms with van der Waals surface area (Å²) < 4.78 is 0. The van der Waals surface area contributed by atoms with Gasteiger partial charge in [-0.15, -0.1) is 0 Å². The van der Waals surface area contributed by atoms with E-state index in [0.717, 1.165) is 18.4 Å². The third kappa shape index (κ3) is 7.65. The molecular formula is C19H40N2. The minimum absolute atomic E-state index is 0.390. The molecule has 0 spiro atoms. The lowest BCUT2D eigenvalue weighted by Gasteiger charge is -2.44. The van der Waals surface area contributed by atoms with Crippen molar-refractivity contribution >= 4 is 0 Å². The van der Waals surface area contributed by atoms with E-state index in [1.165, 1.54) is 45.3 Å². The first-order chi connectivity index (χ1) is 9.62. The molecule has 2 atom stereocenters. The van der Waals surface area contributed by atoms with Crippen LogP contribution in [0.1, 0.15) is 67.2 Å². The normalized spacial score (nSPS) is 27.6. The van der Waals surface area contributed by atoms with Gasteiger partial charge >= 0.3 is 0 Å². The van der Waals surface area contributed by atoms with E-state index in [-0.39, 0.29) is 0 Å².